The fourth-order valence-corrected chi connectivity index (χ4v) is 2.36. The first-order valence-corrected chi connectivity index (χ1v) is 8.20. The van der Waals surface area contributed by atoms with Gasteiger partial charge in [-0.15, -0.1) is 0 Å². The van der Waals surface area contributed by atoms with Crippen molar-refractivity contribution in [3.8, 4) is 17.2 Å². The molecule has 0 aliphatic carbocycles. The topological polar surface area (TPSA) is 106 Å². The van der Waals surface area contributed by atoms with Crippen LogP contribution in [-0.4, -0.2) is 29.4 Å². The monoisotopic (exact) mass is 350 g/mol. The third kappa shape index (κ3) is 4.65. The number of ether oxygens (including phenoxy) is 2. The molecule has 1 aromatic carbocycles. The van der Waals surface area contributed by atoms with Gasteiger partial charge in [0.2, 0.25) is 5.75 Å². The molecule has 2 rings (SSSR count). The average molecular weight is 350 g/mol. The van der Waals surface area contributed by atoms with Crippen LogP contribution in [0.3, 0.4) is 0 Å². The van der Waals surface area contributed by atoms with Crippen LogP contribution in [0.4, 0.5) is 0 Å². The Morgan fingerprint density at radius 1 is 1.32 bits per heavy atom. The maximum absolute atomic E-state index is 12.1. The fraction of sp³-hybridized carbons (Fsp3) is 0.444. The SMILES string of the molecule is CCC(C)CCCOc1c(O)c2cccc(OCC(=O)O)c2oc1=O. The highest BCUT2D eigenvalue weighted by atomic mass is 16.5. The van der Waals surface area contributed by atoms with Gasteiger partial charge in [0, 0.05) is 0 Å². The Morgan fingerprint density at radius 2 is 2.08 bits per heavy atom. The van der Waals surface area contributed by atoms with Crippen LogP contribution in [0, 0.1) is 5.92 Å². The van der Waals surface area contributed by atoms with Crippen LogP contribution in [-0.2, 0) is 4.79 Å². The first-order valence-electron chi connectivity index (χ1n) is 8.20. The number of aromatic hydroxyl groups is 1. The first-order chi connectivity index (χ1) is 11.9. The molecule has 0 bridgehead atoms. The molecule has 1 heterocycles. The minimum atomic E-state index is -1.16. The standard InChI is InChI=1S/C18H22O7/c1-3-11(2)6-5-9-23-17-15(21)12-7-4-8-13(24-10-14(19)20)16(12)25-18(17)22/h4,7-8,11,21H,3,5-6,9-10H2,1-2H3,(H,19,20). The molecular weight excluding hydrogens is 328 g/mol. The van der Waals surface area contributed by atoms with Crippen molar-refractivity contribution in [2.75, 3.05) is 13.2 Å². The molecule has 2 N–H and O–H groups in total. The molecule has 0 fully saturated rings. The van der Waals surface area contributed by atoms with Gasteiger partial charge in [-0.2, -0.15) is 0 Å². The highest BCUT2D eigenvalue weighted by Gasteiger charge is 2.18. The third-order valence-electron chi connectivity index (χ3n) is 3.96. The molecule has 1 unspecified atom stereocenters. The summed E-state index contributed by atoms with van der Waals surface area (Å²) in [6, 6.07) is 4.56. The molecule has 1 atom stereocenters. The number of para-hydroxylation sites is 1. The van der Waals surface area contributed by atoms with Gasteiger partial charge in [-0.1, -0.05) is 26.3 Å². The number of hydrogen-bond acceptors (Lipinski definition) is 6. The highest BCUT2D eigenvalue weighted by Crippen LogP contribution is 2.35. The van der Waals surface area contributed by atoms with Crippen LogP contribution in [0.1, 0.15) is 33.1 Å². The quantitative estimate of drug-likeness (QED) is 0.528. The Morgan fingerprint density at radius 3 is 2.76 bits per heavy atom. The van der Waals surface area contributed by atoms with E-state index in [2.05, 4.69) is 13.8 Å². The molecule has 0 aliphatic rings. The summed E-state index contributed by atoms with van der Waals surface area (Å²) in [4.78, 5) is 22.7. The molecule has 7 nitrogen and oxygen atoms in total. The maximum atomic E-state index is 12.1. The number of fused-ring (bicyclic) bond motifs is 1. The minimum absolute atomic E-state index is 0.0156. The summed E-state index contributed by atoms with van der Waals surface area (Å²) in [6.07, 6.45) is 2.79. The van der Waals surface area contributed by atoms with Gasteiger partial charge in [-0.25, -0.2) is 9.59 Å². The maximum Gasteiger partial charge on any atom is 0.383 e. The zero-order valence-electron chi connectivity index (χ0n) is 14.3. The van der Waals surface area contributed by atoms with E-state index in [-0.39, 0.29) is 28.2 Å². The second-order valence-electron chi connectivity index (χ2n) is 5.89. The Bertz CT molecular complexity index is 794. The van der Waals surface area contributed by atoms with Gasteiger partial charge < -0.3 is 24.1 Å². The number of carboxylic acids is 1. The molecule has 25 heavy (non-hydrogen) atoms. The normalized spacial score (nSPS) is 12.1. The van der Waals surface area contributed by atoms with Gasteiger partial charge in [-0.05, 0) is 30.9 Å². The number of benzene rings is 1. The van der Waals surface area contributed by atoms with E-state index in [1.165, 1.54) is 12.1 Å². The smallest absolute Gasteiger partial charge is 0.383 e. The molecule has 136 valence electrons. The number of carboxylic acid groups (broad SMARTS) is 1. The van der Waals surface area contributed by atoms with Crippen molar-refractivity contribution in [3.63, 3.8) is 0 Å². The Balaban J connectivity index is 2.23. The van der Waals surface area contributed by atoms with Gasteiger partial charge in [0.25, 0.3) is 0 Å². The lowest BCUT2D eigenvalue weighted by atomic mass is 10.0. The van der Waals surface area contributed by atoms with E-state index in [9.17, 15) is 14.7 Å². The highest BCUT2D eigenvalue weighted by molar-refractivity contribution is 5.89. The molecule has 7 heteroatoms. The van der Waals surface area contributed by atoms with Crippen molar-refractivity contribution < 1.29 is 28.9 Å². The summed E-state index contributed by atoms with van der Waals surface area (Å²) >= 11 is 0. The summed E-state index contributed by atoms with van der Waals surface area (Å²) in [6.45, 7) is 3.96. The second kappa shape index (κ2) is 8.41. The van der Waals surface area contributed by atoms with Crippen LogP contribution in [0.15, 0.2) is 27.4 Å². The fourth-order valence-electron chi connectivity index (χ4n) is 2.36. The predicted molar refractivity (Wildman–Crippen MR) is 91.5 cm³/mol. The molecule has 0 radical (unpaired) electrons. The lowest BCUT2D eigenvalue weighted by Crippen LogP contribution is -2.11. The molecule has 0 aliphatic heterocycles. The third-order valence-corrected chi connectivity index (χ3v) is 3.96. The van der Waals surface area contributed by atoms with Crippen molar-refractivity contribution in [1.82, 2.24) is 0 Å². The molecule has 0 saturated heterocycles. The van der Waals surface area contributed by atoms with E-state index in [4.69, 9.17) is 19.0 Å². The molecule has 0 amide bonds. The summed E-state index contributed by atoms with van der Waals surface area (Å²) in [5.74, 6) is -1.11. The summed E-state index contributed by atoms with van der Waals surface area (Å²) in [5, 5.41) is 19.2. The van der Waals surface area contributed by atoms with Crippen LogP contribution in [0.25, 0.3) is 11.0 Å². The van der Waals surface area contributed by atoms with Crippen molar-refractivity contribution in [2.24, 2.45) is 5.92 Å². The van der Waals surface area contributed by atoms with Crippen molar-refractivity contribution >= 4 is 16.9 Å². The average Bonchev–Trinajstić information content (AvgIpc) is 2.58. The van der Waals surface area contributed by atoms with Gasteiger partial charge in [-0.3, -0.25) is 0 Å². The number of hydrogen-bond donors (Lipinski definition) is 2. The molecule has 1 aromatic heterocycles. The summed E-state index contributed by atoms with van der Waals surface area (Å²) in [7, 11) is 0. The first kappa shape index (κ1) is 18.6. The number of rotatable bonds is 9. The molecular formula is C18H22O7. The van der Waals surface area contributed by atoms with Gasteiger partial charge in [0.05, 0.1) is 12.0 Å². The van der Waals surface area contributed by atoms with Gasteiger partial charge >= 0.3 is 11.6 Å². The van der Waals surface area contributed by atoms with Crippen molar-refractivity contribution in [3.05, 3.63) is 28.6 Å². The van der Waals surface area contributed by atoms with E-state index in [0.29, 0.717) is 12.5 Å². The largest absolute Gasteiger partial charge is 0.504 e. The number of aliphatic carboxylic acids is 1. The van der Waals surface area contributed by atoms with Crippen LogP contribution >= 0.6 is 0 Å². The Labute approximate surface area is 144 Å². The lowest BCUT2D eigenvalue weighted by Gasteiger charge is -2.11. The summed E-state index contributed by atoms with van der Waals surface area (Å²) in [5.41, 5.74) is -0.849. The molecule has 2 aromatic rings. The van der Waals surface area contributed by atoms with Crippen LogP contribution < -0.4 is 15.1 Å². The van der Waals surface area contributed by atoms with Gasteiger partial charge in [0.15, 0.2) is 23.7 Å². The molecule has 0 saturated carbocycles. The minimum Gasteiger partial charge on any atom is -0.504 e. The van der Waals surface area contributed by atoms with E-state index in [1.807, 2.05) is 0 Å². The van der Waals surface area contributed by atoms with Crippen LogP contribution in [0.2, 0.25) is 0 Å². The summed E-state index contributed by atoms with van der Waals surface area (Å²) < 4.78 is 15.7. The van der Waals surface area contributed by atoms with Gasteiger partial charge in [0.1, 0.15) is 0 Å². The molecule has 0 spiro atoms. The Kier molecular flexibility index (Phi) is 6.27. The van der Waals surface area contributed by atoms with Crippen molar-refractivity contribution in [2.45, 2.75) is 33.1 Å². The Hall–Kier alpha value is -2.70. The van der Waals surface area contributed by atoms with E-state index >= 15 is 0 Å². The van der Waals surface area contributed by atoms with E-state index in [1.54, 1.807) is 6.07 Å². The zero-order valence-corrected chi connectivity index (χ0v) is 14.3. The van der Waals surface area contributed by atoms with E-state index < -0.39 is 18.2 Å². The van der Waals surface area contributed by atoms with Crippen molar-refractivity contribution in [1.29, 1.82) is 0 Å². The lowest BCUT2D eigenvalue weighted by molar-refractivity contribution is -0.139. The van der Waals surface area contributed by atoms with E-state index in [0.717, 1.165) is 19.3 Å². The van der Waals surface area contributed by atoms with Crippen LogP contribution in [0.5, 0.6) is 17.2 Å². The number of carbonyl (C=O) groups is 1. The zero-order chi connectivity index (χ0) is 18.4. The predicted octanol–water partition coefficient (Wildman–Crippen LogP) is 3.17. The second-order valence-corrected chi connectivity index (χ2v) is 5.89.